The molecule has 29 heavy (non-hydrogen) atoms. The number of rotatable bonds is 7. The van der Waals surface area contributed by atoms with E-state index in [9.17, 15) is 4.39 Å². The topological polar surface area (TPSA) is 16.1 Å². The van der Waals surface area contributed by atoms with Crippen molar-refractivity contribution < 1.29 is 4.39 Å². The third-order valence-electron chi connectivity index (χ3n) is 5.58. The summed E-state index contributed by atoms with van der Waals surface area (Å²) in [6.07, 6.45) is 2.00. The Balaban J connectivity index is 1.89. The molecule has 2 nitrogen and oxygen atoms in total. The third kappa shape index (κ3) is 4.91. The average molecular weight is 391 g/mol. The summed E-state index contributed by atoms with van der Waals surface area (Å²) in [5, 5.41) is 0. The molecule has 3 aromatic rings. The Morgan fingerprint density at radius 3 is 2.14 bits per heavy atom. The van der Waals surface area contributed by atoms with Crippen LogP contribution in [0.4, 0.5) is 4.39 Å². The highest BCUT2D eigenvalue weighted by Gasteiger charge is 2.15. The number of pyridine rings is 1. The van der Waals surface area contributed by atoms with E-state index in [1.165, 1.54) is 33.9 Å². The molecule has 0 fully saturated rings. The van der Waals surface area contributed by atoms with Crippen LogP contribution < -0.4 is 0 Å². The van der Waals surface area contributed by atoms with E-state index in [0.29, 0.717) is 6.54 Å². The van der Waals surface area contributed by atoms with Crippen LogP contribution in [0.1, 0.15) is 47.4 Å². The van der Waals surface area contributed by atoms with E-state index in [1.807, 2.05) is 6.07 Å². The number of aromatic nitrogens is 1. The summed E-state index contributed by atoms with van der Waals surface area (Å²) in [4.78, 5) is 7.22. The van der Waals surface area contributed by atoms with Gasteiger partial charge in [-0.05, 0) is 79.8 Å². The van der Waals surface area contributed by atoms with Gasteiger partial charge >= 0.3 is 0 Å². The zero-order valence-electron chi connectivity index (χ0n) is 18.2. The van der Waals surface area contributed by atoms with Gasteiger partial charge in [0.1, 0.15) is 5.82 Å². The van der Waals surface area contributed by atoms with Gasteiger partial charge < -0.3 is 0 Å². The standard InChI is InChI=1S/C26H31FN2/c1-6-21-11-9-12-22(7-2)26(21)25-14-18(3)24(19(4)28-25)17-29(5)16-20-10-8-13-23(27)15-20/h8-15H,6-7,16-17H2,1-5H3. The highest BCUT2D eigenvalue weighted by Crippen LogP contribution is 2.30. The van der Waals surface area contributed by atoms with Crippen LogP contribution in [0.15, 0.2) is 48.5 Å². The number of hydrogen-bond donors (Lipinski definition) is 0. The molecule has 1 heterocycles. The predicted molar refractivity (Wildman–Crippen MR) is 119 cm³/mol. The molecule has 0 aliphatic rings. The molecule has 0 saturated heterocycles. The Hall–Kier alpha value is -2.52. The number of benzene rings is 2. The van der Waals surface area contributed by atoms with Crippen molar-refractivity contribution >= 4 is 0 Å². The van der Waals surface area contributed by atoms with Gasteiger partial charge in [0.05, 0.1) is 5.69 Å². The molecule has 3 rings (SSSR count). The van der Waals surface area contributed by atoms with E-state index >= 15 is 0 Å². The largest absolute Gasteiger partial charge is 0.298 e. The SMILES string of the molecule is CCc1cccc(CC)c1-c1cc(C)c(CN(C)Cc2cccc(F)c2)c(C)n1. The molecule has 0 unspecified atom stereocenters. The van der Waals surface area contributed by atoms with Crippen LogP contribution in [0.5, 0.6) is 0 Å². The molecule has 1 aromatic heterocycles. The summed E-state index contributed by atoms with van der Waals surface area (Å²) in [5.41, 5.74) is 9.63. The van der Waals surface area contributed by atoms with Gasteiger partial charge in [0.25, 0.3) is 0 Å². The minimum Gasteiger partial charge on any atom is -0.298 e. The first-order chi connectivity index (χ1) is 13.9. The van der Waals surface area contributed by atoms with Crippen molar-refractivity contribution in [3.05, 3.63) is 87.9 Å². The lowest BCUT2D eigenvalue weighted by atomic mass is 9.93. The van der Waals surface area contributed by atoms with E-state index in [-0.39, 0.29) is 5.82 Å². The monoisotopic (exact) mass is 390 g/mol. The van der Waals surface area contributed by atoms with Gasteiger partial charge in [0.15, 0.2) is 0 Å². The fourth-order valence-corrected chi connectivity index (χ4v) is 4.07. The van der Waals surface area contributed by atoms with Crippen molar-refractivity contribution in [3.8, 4) is 11.3 Å². The second-order valence-corrected chi connectivity index (χ2v) is 7.85. The second kappa shape index (κ2) is 9.32. The fourth-order valence-electron chi connectivity index (χ4n) is 4.07. The quantitative estimate of drug-likeness (QED) is 0.473. The number of hydrogen-bond acceptors (Lipinski definition) is 2. The van der Waals surface area contributed by atoms with Gasteiger partial charge in [-0.2, -0.15) is 0 Å². The maximum Gasteiger partial charge on any atom is 0.123 e. The van der Waals surface area contributed by atoms with Gasteiger partial charge in [0.2, 0.25) is 0 Å². The lowest BCUT2D eigenvalue weighted by molar-refractivity contribution is 0.316. The summed E-state index contributed by atoms with van der Waals surface area (Å²) >= 11 is 0. The van der Waals surface area contributed by atoms with Crippen LogP contribution >= 0.6 is 0 Å². The van der Waals surface area contributed by atoms with Crippen molar-refractivity contribution in [1.29, 1.82) is 0 Å². The predicted octanol–water partition coefficient (Wildman–Crippen LogP) is 6.26. The molecule has 0 spiro atoms. The van der Waals surface area contributed by atoms with Gasteiger partial charge in [-0.3, -0.25) is 9.88 Å². The molecule has 2 aromatic carbocycles. The molecule has 3 heteroatoms. The molecule has 0 bridgehead atoms. The Bertz CT molecular complexity index is 948. The van der Waals surface area contributed by atoms with Crippen molar-refractivity contribution in [2.75, 3.05) is 7.05 Å². The van der Waals surface area contributed by atoms with Gasteiger partial charge in [0, 0.05) is 24.3 Å². The summed E-state index contributed by atoms with van der Waals surface area (Å²) in [6, 6.07) is 15.6. The Morgan fingerprint density at radius 2 is 1.55 bits per heavy atom. The Morgan fingerprint density at radius 1 is 0.897 bits per heavy atom. The van der Waals surface area contributed by atoms with Crippen LogP contribution in [-0.2, 0) is 25.9 Å². The summed E-state index contributed by atoms with van der Waals surface area (Å²) in [5.74, 6) is -0.185. The lowest BCUT2D eigenvalue weighted by Crippen LogP contribution is -2.19. The fraction of sp³-hybridized carbons (Fsp3) is 0.346. The molecular weight excluding hydrogens is 359 g/mol. The van der Waals surface area contributed by atoms with Crippen LogP contribution in [0.25, 0.3) is 11.3 Å². The zero-order chi connectivity index (χ0) is 21.0. The molecule has 0 aliphatic heterocycles. The van der Waals surface area contributed by atoms with Crippen molar-refractivity contribution in [3.63, 3.8) is 0 Å². The maximum absolute atomic E-state index is 13.5. The summed E-state index contributed by atoms with van der Waals surface area (Å²) < 4.78 is 13.5. The third-order valence-corrected chi connectivity index (χ3v) is 5.58. The Kier molecular flexibility index (Phi) is 6.81. The zero-order valence-corrected chi connectivity index (χ0v) is 18.2. The van der Waals surface area contributed by atoms with E-state index in [4.69, 9.17) is 4.98 Å². The highest BCUT2D eigenvalue weighted by molar-refractivity contribution is 5.69. The van der Waals surface area contributed by atoms with Crippen molar-refractivity contribution in [1.82, 2.24) is 9.88 Å². The molecule has 152 valence electrons. The Labute approximate surface area is 174 Å². The second-order valence-electron chi connectivity index (χ2n) is 7.85. The van der Waals surface area contributed by atoms with Crippen LogP contribution in [0.3, 0.4) is 0 Å². The van der Waals surface area contributed by atoms with Gasteiger partial charge in [-0.1, -0.05) is 44.2 Å². The van der Waals surface area contributed by atoms with Crippen LogP contribution in [0, 0.1) is 19.7 Å². The molecule has 0 amide bonds. The molecule has 0 radical (unpaired) electrons. The normalized spacial score (nSPS) is 11.3. The van der Waals surface area contributed by atoms with Crippen LogP contribution in [-0.4, -0.2) is 16.9 Å². The molecular formula is C26H31FN2. The van der Waals surface area contributed by atoms with Gasteiger partial charge in [-0.15, -0.1) is 0 Å². The highest BCUT2D eigenvalue weighted by atomic mass is 19.1. The van der Waals surface area contributed by atoms with E-state index in [0.717, 1.165) is 36.3 Å². The molecule has 0 aliphatic carbocycles. The summed E-state index contributed by atoms with van der Waals surface area (Å²) in [6.45, 7) is 10.2. The molecule has 0 saturated carbocycles. The van der Waals surface area contributed by atoms with E-state index < -0.39 is 0 Å². The van der Waals surface area contributed by atoms with Crippen molar-refractivity contribution in [2.45, 2.75) is 53.6 Å². The average Bonchev–Trinajstić information content (AvgIpc) is 2.69. The first-order valence-electron chi connectivity index (χ1n) is 10.4. The van der Waals surface area contributed by atoms with Crippen molar-refractivity contribution in [2.24, 2.45) is 0 Å². The minimum absolute atomic E-state index is 0.185. The molecule has 0 atom stereocenters. The van der Waals surface area contributed by atoms with E-state index in [2.05, 4.69) is 63.9 Å². The number of aryl methyl sites for hydroxylation is 4. The minimum atomic E-state index is -0.185. The number of halogens is 1. The van der Waals surface area contributed by atoms with E-state index in [1.54, 1.807) is 12.1 Å². The first kappa shape index (κ1) is 21.2. The number of nitrogens with zero attached hydrogens (tertiary/aromatic N) is 2. The lowest BCUT2D eigenvalue weighted by Gasteiger charge is -2.21. The maximum atomic E-state index is 13.5. The smallest absolute Gasteiger partial charge is 0.123 e. The molecule has 0 N–H and O–H groups in total. The summed E-state index contributed by atoms with van der Waals surface area (Å²) in [7, 11) is 2.07. The first-order valence-corrected chi connectivity index (χ1v) is 10.4. The van der Waals surface area contributed by atoms with Gasteiger partial charge in [-0.25, -0.2) is 4.39 Å². The van der Waals surface area contributed by atoms with Crippen LogP contribution in [0.2, 0.25) is 0 Å².